The minimum Gasteiger partial charge on any atom is -0.378 e. The highest BCUT2D eigenvalue weighted by Gasteiger charge is 2.49. The molecular weight excluding hydrogens is 428 g/mol. The topological polar surface area (TPSA) is 84.7 Å². The summed E-state index contributed by atoms with van der Waals surface area (Å²) in [7, 11) is 4.09. The maximum atomic E-state index is 12.3. The SMILES string of the molecule is CN(C)c1ccc2c(c1)N([N+]13C=CN=CC1=NC(Nc1ccc4c(c1)NC(=O)C4(C)C)=N3)CC2. The van der Waals surface area contributed by atoms with E-state index >= 15 is 0 Å². The van der Waals surface area contributed by atoms with Crippen molar-refractivity contribution in [2.75, 3.05) is 41.2 Å². The van der Waals surface area contributed by atoms with Gasteiger partial charge in [-0.2, -0.15) is 5.01 Å². The number of benzene rings is 2. The van der Waals surface area contributed by atoms with Crippen LogP contribution in [0.3, 0.4) is 0 Å². The van der Waals surface area contributed by atoms with Crippen molar-refractivity contribution in [2.24, 2.45) is 15.1 Å². The van der Waals surface area contributed by atoms with Gasteiger partial charge in [0.25, 0.3) is 5.96 Å². The average molecular weight is 456 g/mol. The van der Waals surface area contributed by atoms with Gasteiger partial charge in [0.05, 0.1) is 23.8 Å². The molecule has 1 amide bonds. The summed E-state index contributed by atoms with van der Waals surface area (Å²) < 4.78 is 0.115. The Morgan fingerprint density at radius 2 is 2.03 bits per heavy atom. The zero-order valence-corrected chi connectivity index (χ0v) is 19.7. The number of nitrogens with zero attached hydrogens (tertiary/aromatic N) is 6. The van der Waals surface area contributed by atoms with E-state index in [0.29, 0.717) is 5.96 Å². The van der Waals surface area contributed by atoms with Crippen molar-refractivity contribution in [2.45, 2.75) is 25.7 Å². The van der Waals surface area contributed by atoms with Crippen molar-refractivity contribution in [3.63, 3.8) is 0 Å². The molecule has 0 saturated carbocycles. The Kier molecular flexibility index (Phi) is 4.25. The molecule has 0 aromatic heterocycles. The molecule has 4 aliphatic heterocycles. The van der Waals surface area contributed by atoms with Crippen LogP contribution in [0.1, 0.15) is 25.0 Å². The number of guanidine groups is 1. The molecular formula is C25H27N8O+. The molecule has 1 unspecified atom stereocenters. The lowest BCUT2D eigenvalue weighted by molar-refractivity contribution is -0.800. The molecule has 9 heteroatoms. The predicted molar refractivity (Wildman–Crippen MR) is 136 cm³/mol. The van der Waals surface area contributed by atoms with Crippen molar-refractivity contribution in [1.29, 1.82) is 0 Å². The summed E-state index contributed by atoms with van der Waals surface area (Å²) in [5.74, 6) is 1.23. The van der Waals surface area contributed by atoms with Crippen LogP contribution in [0.4, 0.5) is 22.7 Å². The first-order valence-electron chi connectivity index (χ1n) is 11.4. The zero-order valence-electron chi connectivity index (χ0n) is 19.7. The van der Waals surface area contributed by atoms with Gasteiger partial charge < -0.3 is 15.5 Å². The average Bonchev–Trinajstić information content (AvgIpc) is 3.45. The van der Waals surface area contributed by atoms with Gasteiger partial charge in [-0.25, -0.2) is 0 Å². The fourth-order valence-corrected chi connectivity index (χ4v) is 4.92. The number of carbonyl (C=O) groups is 1. The van der Waals surface area contributed by atoms with Gasteiger partial charge in [-0.3, -0.25) is 9.79 Å². The smallest absolute Gasteiger partial charge is 0.307 e. The van der Waals surface area contributed by atoms with Crippen molar-refractivity contribution in [3.05, 3.63) is 59.9 Å². The summed E-state index contributed by atoms with van der Waals surface area (Å²) in [6.45, 7) is 4.68. The van der Waals surface area contributed by atoms with Crippen molar-refractivity contribution >= 4 is 46.7 Å². The van der Waals surface area contributed by atoms with E-state index in [1.54, 1.807) is 12.4 Å². The van der Waals surface area contributed by atoms with E-state index in [4.69, 9.17) is 10.1 Å². The summed E-state index contributed by atoms with van der Waals surface area (Å²) in [6.07, 6.45) is 6.43. The summed E-state index contributed by atoms with van der Waals surface area (Å²) >= 11 is 0. The Hall–Kier alpha value is -3.98. The number of hydrogen-bond acceptors (Lipinski definition) is 7. The first-order chi connectivity index (χ1) is 16.3. The van der Waals surface area contributed by atoms with Crippen LogP contribution in [0.2, 0.25) is 0 Å². The highest BCUT2D eigenvalue weighted by Crippen LogP contribution is 2.40. The number of nitrogens with one attached hydrogen (secondary N) is 2. The second kappa shape index (κ2) is 7.01. The third kappa shape index (κ3) is 2.90. The van der Waals surface area contributed by atoms with Gasteiger partial charge in [0.2, 0.25) is 5.91 Å². The largest absolute Gasteiger partial charge is 0.378 e. The molecule has 0 spiro atoms. The van der Waals surface area contributed by atoms with Gasteiger partial charge in [-0.05, 0) is 65.5 Å². The molecule has 2 aromatic rings. The van der Waals surface area contributed by atoms with E-state index in [2.05, 4.69) is 43.7 Å². The highest BCUT2D eigenvalue weighted by molar-refractivity contribution is 6.31. The summed E-state index contributed by atoms with van der Waals surface area (Å²) in [5.41, 5.74) is 5.67. The third-order valence-electron chi connectivity index (χ3n) is 6.94. The Balaban J connectivity index is 1.35. The third-order valence-corrected chi connectivity index (χ3v) is 6.94. The lowest BCUT2D eigenvalue weighted by atomic mass is 9.86. The van der Waals surface area contributed by atoms with Gasteiger partial charge in [-0.1, -0.05) is 12.1 Å². The highest BCUT2D eigenvalue weighted by atomic mass is 16.2. The number of carbonyl (C=O) groups excluding carboxylic acids is 1. The van der Waals surface area contributed by atoms with Crippen LogP contribution in [-0.4, -0.2) is 49.3 Å². The van der Waals surface area contributed by atoms with E-state index < -0.39 is 5.41 Å². The minimum absolute atomic E-state index is 0.00544. The molecule has 0 radical (unpaired) electrons. The van der Waals surface area contributed by atoms with E-state index in [1.807, 2.05) is 52.3 Å². The molecule has 2 aromatic carbocycles. The monoisotopic (exact) mass is 455 g/mol. The van der Waals surface area contributed by atoms with E-state index in [-0.39, 0.29) is 10.6 Å². The molecule has 4 aliphatic rings. The second-order valence-electron chi connectivity index (χ2n) is 9.66. The predicted octanol–water partition coefficient (Wildman–Crippen LogP) is 3.43. The standard InChI is InChI=1S/C25H26N8O/c1-25(2)19-8-6-17(13-20(19)28-23(25)34)27-24-29-22-15-26-10-12-33(22,30-24)32-11-9-16-5-7-18(31(3)4)14-21(16)32/h5-8,10,12-15H,9,11H2,1-4H3,(H-,27,28,30,34)/p+1. The van der Waals surface area contributed by atoms with Crippen LogP contribution in [0.5, 0.6) is 0 Å². The summed E-state index contributed by atoms with van der Waals surface area (Å²) in [5, 5.41) is 13.6. The molecule has 1 atom stereocenters. The first-order valence-corrected chi connectivity index (χ1v) is 11.4. The molecule has 0 fully saturated rings. The number of anilines is 4. The number of aliphatic imine (C=N–C) groups is 2. The fraction of sp³-hybridized carbons (Fsp3) is 0.280. The number of hydrogen-bond donors (Lipinski definition) is 2. The molecule has 2 N–H and O–H groups in total. The first kappa shape index (κ1) is 20.6. The molecule has 34 heavy (non-hydrogen) atoms. The van der Waals surface area contributed by atoms with Gasteiger partial charge >= 0.3 is 5.84 Å². The van der Waals surface area contributed by atoms with E-state index in [1.165, 1.54) is 5.56 Å². The van der Waals surface area contributed by atoms with Crippen LogP contribution < -0.4 is 20.5 Å². The van der Waals surface area contributed by atoms with Crippen molar-refractivity contribution < 1.29 is 9.50 Å². The molecule has 9 nitrogen and oxygen atoms in total. The van der Waals surface area contributed by atoms with Crippen LogP contribution in [0.15, 0.2) is 63.9 Å². The molecule has 0 aliphatic carbocycles. The Morgan fingerprint density at radius 3 is 2.85 bits per heavy atom. The van der Waals surface area contributed by atoms with Crippen LogP contribution >= 0.6 is 0 Å². The Labute approximate surface area is 198 Å². The maximum Gasteiger partial charge on any atom is 0.307 e. The van der Waals surface area contributed by atoms with Crippen molar-refractivity contribution in [1.82, 2.24) is 0 Å². The second-order valence-corrected chi connectivity index (χ2v) is 9.66. The van der Waals surface area contributed by atoms with Gasteiger partial charge in [0.15, 0.2) is 6.20 Å². The molecule has 4 heterocycles. The normalized spacial score (nSPS) is 23.2. The summed E-state index contributed by atoms with van der Waals surface area (Å²) in [4.78, 5) is 23.5. The Bertz CT molecular complexity index is 1350. The fourth-order valence-electron chi connectivity index (χ4n) is 4.92. The van der Waals surface area contributed by atoms with Gasteiger partial charge in [-0.15, -0.1) is 4.99 Å². The maximum absolute atomic E-state index is 12.3. The number of amides is 1. The Morgan fingerprint density at radius 1 is 1.18 bits per heavy atom. The summed E-state index contributed by atoms with van der Waals surface area (Å²) in [6, 6.07) is 12.4. The van der Waals surface area contributed by atoms with Crippen molar-refractivity contribution in [3.8, 4) is 0 Å². The molecule has 6 rings (SSSR count). The lowest BCUT2D eigenvalue weighted by Gasteiger charge is -2.34. The number of fused-ring (bicyclic) bond motifs is 3. The van der Waals surface area contributed by atoms with Gasteiger partial charge in [0, 0.05) is 31.2 Å². The van der Waals surface area contributed by atoms with Crippen LogP contribution in [0.25, 0.3) is 0 Å². The number of amidine groups is 1. The van der Waals surface area contributed by atoms with E-state index in [0.717, 1.165) is 47.1 Å². The van der Waals surface area contributed by atoms with Crippen LogP contribution in [-0.2, 0) is 16.6 Å². The zero-order chi connectivity index (χ0) is 23.7. The lowest BCUT2D eigenvalue weighted by Crippen LogP contribution is -2.56. The van der Waals surface area contributed by atoms with Gasteiger partial charge in [0.1, 0.15) is 6.21 Å². The number of rotatable bonds is 3. The van der Waals surface area contributed by atoms with E-state index in [9.17, 15) is 4.79 Å². The molecule has 0 bridgehead atoms. The number of quaternary nitrogens is 1. The quantitative estimate of drug-likeness (QED) is 0.695. The van der Waals surface area contributed by atoms with Crippen LogP contribution in [0, 0.1) is 0 Å². The minimum atomic E-state index is -0.537. The molecule has 0 saturated heterocycles. The molecule has 172 valence electrons.